The number of carbonyl (C=O) groups excluding carboxylic acids is 1. The van der Waals surface area contributed by atoms with Crippen molar-refractivity contribution in [3.05, 3.63) is 54.6 Å². The fourth-order valence-corrected chi connectivity index (χ4v) is 1.92. The predicted molar refractivity (Wildman–Crippen MR) is 88.0 cm³/mol. The minimum atomic E-state index is -0.583. The molecule has 1 unspecified atom stereocenters. The van der Waals surface area contributed by atoms with E-state index in [-0.39, 0.29) is 5.91 Å². The van der Waals surface area contributed by atoms with Crippen molar-refractivity contribution in [3.8, 4) is 17.2 Å². The molecule has 2 rings (SSSR count). The molecule has 0 aliphatic rings. The van der Waals surface area contributed by atoms with Gasteiger partial charge in [0.1, 0.15) is 23.9 Å². The molecule has 1 N–H and O–H groups in total. The van der Waals surface area contributed by atoms with Gasteiger partial charge in [0, 0.05) is 0 Å². The highest BCUT2D eigenvalue weighted by atomic mass is 16.5. The molecular formula is C18H21NO4. The van der Waals surface area contributed by atoms with Gasteiger partial charge in [-0.25, -0.2) is 0 Å². The van der Waals surface area contributed by atoms with Crippen LogP contribution in [-0.4, -0.2) is 32.3 Å². The SMILES string of the molecule is COc1ccc(OC(C)C(=O)NCCOc2ccccc2)cc1. The molecule has 1 amide bonds. The second-order valence-corrected chi connectivity index (χ2v) is 4.89. The largest absolute Gasteiger partial charge is 0.497 e. The Labute approximate surface area is 136 Å². The summed E-state index contributed by atoms with van der Waals surface area (Å²) in [5.41, 5.74) is 0. The van der Waals surface area contributed by atoms with Gasteiger partial charge in [0.05, 0.1) is 13.7 Å². The molecule has 2 aromatic rings. The highest BCUT2D eigenvalue weighted by Crippen LogP contribution is 2.18. The molecule has 0 aromatic heterocycles. The molecule has 0 aliphatic heterocycles. The molecule has 0 saturated heterocycles. The molecule has 0 spiro atoms. The first-order chi connectivity index (χ1) is 11.2. The van der Waals surface area contributed by atoms with E-state index in [1.165, 1.54) is 0 Å². The van der Waals surface area contributed by atoms with Gasteiger partial charge in [0.15, 0.2) is 6.10 Å². The molecule has 5 heteroatoms. The highest BCUT2D eigenvalue weighted by Gasteiger charge is 2.14. The van der Waals surface area contributed by atoms with Gasteiger partial charge in [0.2, 0.25) is 0 Å². The first-order valence-corrected chi connectivity index (χ1v) is 7.45. The van der Waals surface area contributed by atoms with E-state index in [0.717, 1.165) is 11.5 Å². The Bertz CT molecular complexity index is 598. The van der Waals surface area contributed by atoms with Crippen LogP contribution in [-0.2, 0) is 4.79 Å². The van der Waals surface area contributed by atoms with E-state index < -0.39 is 6.10 Å². The zero-order valence-electron chi connectivity index (χ0n) is 13.3. The third-order valence-electron chi connectivity index (χ3n) is 3.15. The van der Waals surface area contributed by atoms with Crippen LogP contribution in [0.2, 0.25) is 0 Å². The summed E-state index contributed by atoms with van der Waals surface area (Å²) >= 11 is 0. The van der Waals surface area contributed by atoms with E-state index in [9.17, 15) is 4.79 Å². The van der Waals surface area contributed by atoms with Crippen molar-refractivity contribution < 1.29 is 19.0 Å². The number of methoxy groups -OCH3 is 1. The monoisotopic (exact) mass is 315 g/mol. The van der Waals surface area contributed by atoms with Crippen molar-refractivity contribution in [3.63, 3.8) is 0 Å². The molecule has 2 aromatic carbocycles. The van der Waals surface area contributed by atoms with Crippen molar-refractivity contribution in [2.24, 2.45) is 0 Å². The molecule has 0 aliphatic carbocycles. The molecule has 0 radical (unpaired) electrons. The van der Waals surface area contributed by atoms with E-state index in [4.69, 9.17) is 14.2 Å². The van der Waals surface area contributed by atoms with E-state index in [1.54, 1.807) is 38.3 Å². The molecule has 23 heavy (non-hydrogen) atoms. The normalized spacial score (nSPS) is 11.4. The van der Waals surface area contributed by atoms with Crippen LogP contribution in [0, 0.1) is 0 Å². The Hall–Kier alpha value is -2.69. The zero-order chi connectivity index (χ0) is 16.5. The average Bonchev–Trinajstić information content (AvgIpc) is 2.60. The number of carbonyl (C=O) groups is 1. The first-order valence-electron chi connectivity index (χ1n) is 7.45. The van der Waals surface area contributed by atoms with E-state index in [1.807, 2.05) is 30.3 Å². The van der Waals surface area contributed by atoms with Gasteiger partial charge in [-0.05, 0) is 43.3 Å². The Kier molecular flexibility index (Phi) is 6.29. The number of para-hydroxylation sites is 1. The first kappa shape index (κ1) is 16.7. The number of rotatable bonds is 8. The van der Waals surface area contributed by atoms with Crippen molar-refractivity contribution in [1.82, 2.24) is 5.32 Å². The van der Waals surface area contributed by atoms with E-state index in [2.05, 4.69) is 5.32 Å². The number of hydrogen-bond acceptors (Lipinski definition) is 4. The molecule has 1 atom stereocenters. The van der Waals surface area contributed by atoms with Crippen molar-refractivity contribution in [1.29, 1.82) is 0 Å². The van der Waals surface area contributed by atoms with Crippen LogP contribution in [0.3, 0.4) is 0 Å². The quantitative estimate of drug-likeness (QED) is 0.761. The Balaban J connectivity index is 1.69. The smallest absolute Gasteiger partial charge is 0.260 e. The second-order valence-electron chi connectivity index (χ2n) is 4.89. The summed E-state index contributed by atoms with van der Waals surface area (Å²) in [6, 6.07) is 16.6. The molecule has 5 nitrogen and oxygen atoms in total. The lowest BCUT2D eigenvalue weighted by molar-refractivity contribution is -0.127. The lowest BCUT2D eigenvalue weighted by atomic mass is 10.3. The minimum Gasteiger partial charge on any atom is -0.497 e. The summed E-state index contributed by atoms with van der Waals surface area (Å²) in [6.07, 6.45) is -0.583. The van der Waals surface area contributed by atoms with Crippen LogP contribution in [0.4, 0.5) is 0 Å². The summed E-state index contributed by atoms with van der Waals surface area (Å²) in [5, 5.41) is 2.78. The van der Waals surface area contributed by atoms with Crippen LogP contribution in [0.1, 0.15) is 6.92 Å². The van der Waals surface area contributed by atoms with E-state index in [0.29, 0.717) is 18.9 Å². The summed E-state index contributed by atoms with van der Waals surface area (Å²) in [6.45, 7) is 2.53. The van der Waals surface area contributed by atoms with Gasteiger partial charge >= 0.3 is 0 Å². The summed E-state index contributed by atoms with van der Waals surface area (Å²) in [4.78, 5) is 12.0. The van der Waals surface area contributed by atoms with Crippen LogP contribution < -0.4 is 19.5 Å². The van der Waals surface area contributed by atoms with Gasteiger partial charge in [-0.15, -0.1) is 0 Å². The third kappa shape index (κ3) is 5.54. The Morgan fingerprint density at radius 3 is 2.30 bits per heavy atom. The fraction of sp³-hybridized carbons (Fsp3) is 0.278. The Morgan fingerprint density at radius 2 is 1.65 bits per heavy atom. The third-order valence-corrected chi connectivity index (χ3v) is 3.15. The molecular weight excluding hydrogens is 294 g/mol. The molecule has 0 bridgehead atoms. The lowest BCUT2D eigenvalue weighted by Gasteiger charge is -2.15. The van der Waals surface area contributed by atoms with Crippen molar-refractivity contribution in [2.75, 3.05) is 20.3 Å². The number of amides is 1. The van der Waals surface area contributed by atoms with Crippen molar-refractivity contribution >= 4 is 5.91 Å². The second kappa shape index (κ2) is 8.68. The van der Waals surface area contributed by atoms with Gasteiger partial charge in [0.25, 0.3) is 5.91 Å². The maximum absolute atomic E-state index is 12.0. The molecule has 122 valence electrons. The minimum absolute atomic E-state index is 0.183. The lowest BCUT2D eigenvalue weighted by Crippen LogP contribution is -2.38. The van der Waals surface area contributed by atoms with Crippen LogP contribution >= 0.6 is 0 Å². The number of benzene rings is 2. The predicted octanol–water partition coefficient (Wildman–Crippen LogP) is 2.66. The number of ether oxygens (including phenoxy) is 3. The van der Waals surface area contributed by atoms with Crippen LogP contribution in [0.15, 0.2) is 54.6 Å². The maximum atomic E-state index is 12.0. The summed E-state index contributed by atoms with van der Waals surface area (Å²) < 4.78 is 16.2. The van der Waals surface area contributed by atoms with Crippen LogP contribution in [0.25, 0.3) is 0 Å². The van der Waals surface area contributed by atoms with Gasteiger partial charge in [-0.2, -0.15) is 0 Å². The molecule has 0 saturated carbocycles. The fourth-order valence-electron chi connectivity index (χ4n) is 1.92. The average molecular weight is 315 g/mol. The van der Waals surface area contributed by atoms with Gasteiger partial charge in [-0.1, -0.05) is 18.2 Å². The standard InChI is InChI=1S/C18H21NO4/c1-14(23-17-10-8-15(21-2)9-11-17)18(20)19-12-13-22-16-6-4-3-5-7-16/h3-11,14H,12-13H2,1-2H3,(H,19,20). The topological polar surface area (TPSA) is 56.8 Å². The molecule has 0 fully saturated rings. The maximum Gasteiger partial charge on any atom is 0.260 e. The van der Waals surface area contributed by atoms with E-state index >= 15 is 0 Å². The van der Waals surface area contributed by atoms with Gasteiger partial charge < -0.3 is 19.5 Å². The Morgan fingerprint density at radius 1 is 1.00 bits per heavy atom. The van der Waals surface area contributed by atoms with Gasteiger partial charge in [-0.3, -0.25) is 4.79 Å². The van der Waals surface area contributed by atoms with Crippen molar-refractivity contribution in [2.45, 2.75) is 13.0 Å². The molecule has 0 heterocycles. The van der Waals surface area contributed by atoms with Crippen LogP contribution in [0.5, 0.6) is 17.2 Å². The summed E-state index contributed by atoms with van der Waals surface area (Å²) in [7, 11) is 1.60. The number of hydrogen-bond donors (Lipinski definition) is 1. The zero-order valence-corrected chi connectivity index (χ0v) is 13.3. The number of nitrogens with one attached hydrogen (secondary N) is 1. The highest BCUT2D eigenvalue weighted by molar-refractivity contribution is 5.80. The summed E-state index contributed by atoms with van der Waals surface area (Å²) in [5.74, 6) is 1.96.